The SMILES string of the molecule is O=C(O)c1ccc2c(c1)N(Cc1cccc(Cl)c1)C(=O)CO2. The fourth-order valence-electron chi connectivity index (χ4n) is 2.33. The molecule has 1 aliphatic rings. The van der Waals surface area contributed by atoms with Gasteiger partial charge in [-0.3, -0.25) is 4.79 Å². The molecule has 0 aliphatic carbocycles. The molecule has 0 spiro atoms. The Balaban J connectivity index is 1.99. The van der Waals surface area contributed by atoms with E-state index in [1.807, 2.05) is 6.07 Å². The Bertz CT molecular complexity index is 760. The first-order valence-electron chi connectivity index (χ1n) is 6.59. The number of hydrogen-bond acceptors (Lipinski definition) is 3. The Hall–Kier alpha value is -2.53. The highest BCUT2D eigenvalue weighted by atomic mass is 35.5. The Kier molecular flexibility index (Phi) is 3.73. The van der Waals surface area contributed by atoms with Crippen LogP contribution in [0.15, 0.2) is 42.5 Å². The third-order valence-corrected chi connectivity index (χ3v) is 3.61. The minimum absolute atomic E-state index is 0.0695. The van der Waals surface area contributed by atoms with Crippen LogP contribution in [0.5, 0.6) is 5.75 Å². The van der Waals surface area contributed by atoms with E-state index in [9.17, 15) is 9.59 Å². The third kappa shape index (κ3) is 2.76. The third-order valence-electron chi connectivity index (χ3n) is 3.38. The van der Waals surface area contributed by atoms with E-state index < -0.39 is 5.97 Å². The van der Waals surface area contributed by atoms with Crippen LogP contribution >= 0.6 is 11.6 Å². The zero-order chi connectivity index (χ0) is 15.7. The smallest absolute Gasteiger partial charge is 0.335 e. The number of aromatic carboxylic acids is 1. The first-order valence-corrected chi connectivity index (χ1v) is 6.97. The molecule has 0 atom stereocenters. The van der Waals surface area contributed by atoms with Gasteiger partial charge in [-0.2, -0.15) is 0 Å². The zero-order valence-electron chi connectivity index (χ0n) is 11.5. The van der Waals surface area contributed by atoms with Crippen molar-refractivity contribution in [3.05, 3.63) is 58.6 Å². The fraction of sp³-hybridized carbons (Fsp3) is 0.125. The molecule has 6 heteroatoms. The van der Waals surface area contributed by atoms with Gasteiger partial charge in [-0.05, 0) is 35.9 Å². The van der Waals surface area contributed by atoms with Crippen LogP contribution in [0.4, 0.5) is 5.69 Å². The lowest BCUT2D eigenvalue weighted by Gasteiger charge is -2.29. The van der Waals surface area contributed by atoms with E-state index in [2.05, 4.69) is 0 Å². The summed E-state index contributed by atoms with van der Waals surface area (Å²) in [4.78, 5) is 24.8. The van der Waals surface area contributed by atoms with Crippen molar-refractivity contribution in [2.75, 3.05) is 11.5 Å². The van der Waals surface area contributed by atoms with Crippen LogP contribution in [0.2, 0.25) is 5.02 Å². The molecule has 0 bridgehead atoms. The summed E-state index contributed by atoms with van der Waals surface area (Å²) < 4.78 is 5.35. The van der Waals surface area contributed by atoms with Crippen LogP contribution in [-0.4, -0.2) is 23.6 Å². The van der Waals surface area contributed by atoms with E-state index in [0.29, 0.717) is 23.0 Å². The molecule has 1 amide bonds. The quantitative estimate of drug-likeness (QED) is 0.945. The average Bonchev–Trinajstić information content (AvgIpc) is 2.49. The molecular weight excluding hydrogens is 306 g/mol. The van der Waals surface area contributed by atoms with E-state index in [1.54, 1.807) is 24.3 Å². The molecule has 0 aromatic heterocycles. The van der Waals surface area contributed by atoms with Crippen LogP contribution in [-0.2, 0) is 11.3 Å². The van der Waals surface area contributed by atoms with E-state index in [-0.39, 0.29) is 18.1 Å². The van der Waals surface area contributed by atoms with Crippen molar-refractivity contribution in [1.29, 1.82) is 0 Å². The molecular formula is C16H12ClNO4. The lowest BCUT2D eigenvalue weighted by Crippen LogP contribution is -2.38. The van der Waals surface area contributed by atoms with Gasteiger partial charge in [0.25, 0.3) is 5.91 Å². The fourth-order valence-corrected chi connectivity index (χ4v) is 2.54. The van der Waals surface area contributed by atoms with E-state index in [1.165, 1.54) is 17.0 Å². The van der Waals surface area contributed by atoms with Gasteiger partial charge in [-0.1, -0.05) is 23.7 Å². The molecule has 0 saturated heterocycles. The van der Waals surface area contributed by atoms with Crippen molar-refractivity contribution < 1.29 is 19.4 Å². The van der Waals surface area contributed by atoms with Crippen molar-refractivity contribution in [2.24, 2.45) is 0 Å². The molecule has 0 fully saturated rings. The maximum Gasteiger partial charge on any atom is 0.335 e. The number of benzene rings is 2. The van der Waals surface area contributed by atoms with Gasteiger partial charge in [0.15, 0.2) is 6.61 Å². The van der Waals surface area contributed by atoms with Gasteiger partial charge in [-0.15, -0.1) is 0 Å². The number of carboxylic acids is 1. The second-order valence-electron chi connectivity index (χ2n) is 4.89. The normalized spacial score (nSPS) is 13.5. The van der Waals surface area contributed by atoms with Gasteiger partial charge in [0, 0.05) is 5.02 Å². The highest BCUT2D eigenvalue weighted by Gasteiger charge is 2.26. The summed E-state index contributed by atoms with van der Waals surface area (Å²) in [5.74, 6) is -0.787. The first kappa shape index (κ1) is 14.4. The number of hydrogen-bond donors (Lipinski definition) is 1. The monoisotopic (exact) mass is 317 g/mol. The van der Waals surface area contributed by atoms with E-state index in [0.717, 1.165) is 5.56 Å². The first-order chi connectivity index (χ1) is 10.5. The zero-order valence-corrected chi connectivity index (χ0v) is 12.2. The van der Waals surface area contributed by atoms with Gasteiger partial charge in [0.1, 0.15) is 5.75 Å². The van der Waals surface area contributed by atoms with Crippen molar-refractivity contribution in [3.8, 4) is 5.75 Å². The van der Waals surface area contributed by atoms with Crippen LogP contribution in [0.1, 0.15) is 15.9 Å². The van der Waals surface area contributed by atoms with Crippen molar-refractivity contribution >= 4 is 29.2 Å². The van der Waals surface area contributed by atoms with Gasteiger partial charge in [0.05, 0.1) is 17.8 Å². The molecule has 3 rings (SSSR count). The number of carbonyl (C=O) groups excluding carboxylic acids is 1. The summed E-state index contributed by atoms with van der Waals surface area (Å²) in [6.45, 7) is 0.235. The number of nitrogens with zero attached hydrogens (tertiary/aromatic N) is 1. The molecule has 1 heterocycles. The van der Waals surface area contributed by atoms with Crippen LogP contribution < -0.4 is 9.64 Å². The number of carbonyl (C=O) groups is 2. The topological polar surface area (TPSA) is 66.8 Å². The van der Waals surface area contributed by atoms with Gasteiger partial charge < -0.3 is 14.7 Å². The van der Waals surface area contributed by atoms with Crippen LogP contribution in [0.3, 0.4) is 0 Å². The van der Waals surface area contributed by atoms with Crippen molar-refractivity contribution in [3.63, 3.8) is 0 Å². The standard InChI is InChI=1S/C16H12ClNO4/c17-12-3-1-2-10(6-12)8-18-13-7-11(16(20)21)4-5-14(13)22-9-15(18)19/h1-7H,8-9H2,(H,20,21). The van der Waals surface area contributed by atoms with Gasteiger partial charge >= 0.3 is 5.97 Å². The summed E-state index contributed by atoms with van der Waals surface area (Å²) >= 11 is 5.96. The van der Waals surface area contributed by atoms with Crippen molar-refractivity contribution in [1.82, 2.24) is 0 Å². The Morgan fingerprint density at radius 3 is 2.82 bits per heavy atom. The van der Waals surface area contributed by atoms with Crippen LogP contribution in [0.25, 0.3) is 0 Å². The Labute approximate surface area is 131 Å². The number of halogens is 1. The molecule has 5 nitrogen and oxygen atoms in total. The lowest BCUT2D eigenvalue weighted by atomic mass is 10.1. The summed E-state index contributed by atoms with van der Waals surface area (Å²) in [5.41, 5.74) is 1.42. The van der Waals surface area contributed by atoms with E-state index >= 15 is 0 Å². The molecule has 0 radical (unpaired) electrons. The summed E-state index contributed by atoms with van der Waals surface area (Å²) in [7, 11) is 0. The number of rotatable bonds is 3. The average molecular weight is 318 g/mol. The number of ether oxygens (including phenoxy) is 1. The molecule has 1 N–H and O–H groups in total. The second-order valence-corrected chi connectivity index (χ2v) is 5.32. The highest BCUT2D eigenvalue weighted by molar-refractivity contribution is 6.30. The molecule has 22 heavy (non-hydrogen) atoms. The molecule has 2 aromatic carbocycles. The number of anilines is 1. The lowest BCUT2D eigenvalue weighted by molar-refractivity contribution is -0.121. The summed E-state index contributed by atoms with van der Waals surface area (Å²) in [6.07, 6.45) is 0. The molecule has 0 unspecified atom stereocenters. The predicted octanol–water partition coefficient (Wildman–Crippen LogP) is 2.96. The molecule has 0 saturated carbocycles. The largest absolute Gasteiger partial charge is 0.482 e. The van der Waals surface area contributed by atoms with Crippen molar-refractivity contribution in [2.45, 2.75) is 6.54 Å². The second kappa shape index (κ2) is 5.69. The van der Waals surface area contributed by atoms with E-state index in [4.69, 9.17) is 21.4 Å². The maximum atomic E-state index is 12.1. The number of fused-ring (bicyclic) bond motifs is 1. The minimum atomic E-state index is -1.05. The van der Waals surface area contributed by atoms with Gasteiger partial charge in [-0.25, -0.2) is 4.79 Å². The van der Waals surface area contributed by atoms with Gasteiger partial charge in [0.2, 0.25) is 0 Å². The minimum Gasteiger partial charge on any atom is -0.482 e. The van der Waals surface area contributed by atoms with Crippen LogP contribution in [0, 0.1) is 0 Å². The number of amides is 1. The summed E-state index contributed by atoms with van der Waals surface area (Å²) in [5, 5.41) is 9.68. The maximum absolute atomic E-state index is 12.1. The predicted molar refractivity (Wildman–Crippen MR) is 81.5 cm³/mol. The molecule has 112 valence electrons. The Morgan fingerprint density at radius 2 is 2.09 bits per heavy atom. The highest BCUT2D eigenvalue weighted by Crippen LogP contribution is 2.34. The number of carboxylic acid groups (broad SMARTS) is 1. The Morgan fingerprint density at radius 1 is 1.27 bits per heavy atom. The summed E-state index contributed by atoms with van der Waals surface area (Å²) in [6, 6.07) is 11.6. The molecule has 2 aromatic rings. The molecule has 1 aliphatic heterocycles.